The van der Waals surface area contributed by atoms with Gasteiger partial charge in [0, 0.05) is 38.8 Å². The first-order chi connectivity index (χ1) is 13.5. The number of likely N-dealkylation sites (tertiary alicyclic amines) is 1. The highest BCUT2D eigenvalue weighted by Crippen LogP contribution is 2.11. The normalized spacial score (nSPS) is 16.2. The fourth-order valence-corrected chi connectivity index (χ4v) is 3.35. The molecule has 1 aliphatic rings. The molecular formula is C21H36IN5O2. The summed E-state index contributed by atoms with van der Waals surface area (Å²) in [5.41, 5.74) is 1.33. The van der Waals surface area contributed by atoms with Crippen molar-refractivity contribution in [2.75, 3.05) is 47.4 Å². The van der Waals surface area contributed by atoms with Crippen LogP contribution in [0.3, 0.4) is 0 Å². The fourth-order valence-electron chi connectivity index (χ4n) is 3.35. The van der Waals surface area contributed by atoms with Gasteiger partial charge in [-0.25, -0.2) is 4.79 Å². The number of carbonyl (C=O) groups excluding carboxylic acids is 1. The second kappa shape index (κ2) is 13.6. The quantitative estimate of drug-likeness (QED) is 0.331. The smallest absolute Gasteiger partial charge is 0.409 e. The predicted octanol–water partition coefficient (Wildman–Crippen LogP) is 2.56. The van der Waals surface area contributed by atoms with E-state index in [9.17, 15) is 4.79 Å². The molecule has 0 saturated carbocycles. The SMILES string of the molecule is CCOC(=O)N1CCC(NC(=NC)NCC(Cc2ccccc2)N(C)C)CC1.I. The van der Waals surface area contributed by atoms with Crippen molar-refractivity contribution in [2.24, 2.45) is 4.99 Å². The Kier molecular flexibility index (Phi) is 12.0. The van der Waals surface area contributed by atoms with Crippen molar-refractivity contribution in [3.8, 4) is 0 Å². The summed E-state index contributed by atoms with van der Waals surface area (Å²) in [5.74, 6) is 0.814. The summed E-state index contributed by atoms with van der Waals surface area (Å²) < 4.78 is 5.08. The minimum Gasteiger partial charge on any atom is -0.450 e. The van der Waals surface area contributed by atoms with Gasteiger partial charge in [-0.15, -0.1) is 24.0 Å². The molecule has 1 aliphatic heterocycles. The first-order valence-electron chi connectivity index (χ1n) is 10.1. The Morgan fingerprint density at radius 2 is 1.93 bits per heavy atom. The highest BCUT2D eigenvalue weighted by Gasteiger charge is 2.24. The molecule has 2 rings (SSSR count). The Labute approximate surface area is 192 Å². The van der Waals surface area contributed by atoms with E-state index in [2.05, 4.69) is 58.9 Å². The van der Waals surface area contributed by atoms with Crippen molar-refractivity contribution in [1.82, 2.24) is 20.4 Å². The zero-order chi connectivity index (χ0) is 20.4. The number of guanidine groups is 1. The zero-order valence-electron chi connectivity index (χ0n) is 18.1. The molecule has 1 unspecified atom stereocenters. The number of halogens is 1. The van der Waals surface area contributed by atoms with Gasteiger partial charge in [-0.3, -0.25) is 4.99 Å². The van der Waals surface area contributed by atoms with E-state index >= 15 is 0 Å². The fraction of sp³-hybridized carbons (Fsp3) is 0.619. The largest absolute Gasteiger partial charge is 0.450 e. The standard InChI is InChI=1S/C21H35N5O2.HI/c1-5-28-21(27)26-13-11-18(12-14-26)24-20(22-2)23-16-19(25(3)4)15-17-9-7-6-8-10-17;/h6-10,18-19H,5,11-16H2,1-4H3,(H2,22,23,24);1H. The van der Waals surface area contributed by atoms with Crippen LogP contribution in [0.4, 0.5) is 4.79 Å². The number of amides is 1. The Bertz CT molecular complexity index is 619. The van der Waals surface area contributed by atoms with Gasteiger partial charge in [0.2, 0.25) is 0 Å². The maximum Gasteiger partial charge on any atom is 0.409 e. The number of piperidine rings is 1. The lowest BCUT2D eigenvalue weighted by atomic mass is 10.0. The van der Waals surface area contributed by atoms with Crippen LogP contribution in [0, 0.1) is 0 Å². The molecule has 1 amide bonds. The van der Waals surface area contributed by atoms with E-state index in [1.54, 1.807) is 11.9 Å². The highest BCUT2D eigenvalue weighted by atomic mass is 127. The molecule has 0 aromatic heterocycles. The van der Waals surface area contributed by atoms with Crippen molar-refractivity contribution in [1.29, 1.82) is 0 Å². The lowest BCUT2D eigenvalue weighted by molar-refractivity contribution is 0.0963. The average Bonchev–Trinajstić information content (AvgIpc) is 2.71. The summed E-state index contributed by atoms with van der Waals surface area (Å²) in [5, 5.41) is 6.96. The third-order valence-corrected chi connectivity index (χ3v) is 5.13. The van der Waals surface area contributed by atoms with Crippen molar-refractivity contribution >= 4 is 36.0 Å². The molecule has 1 aromatic rings. The zero-order valence-corrected chi connectivity index (χ0v) is 20.4. The minimum atomic E-state index is -0.210. The summed E-state index contributed by atoms with van der Waals surface area (Å²) in [6.07, 6.45) is 2.55. The van der Waals surface area contributed by atoms with Crippen molar-refractivity contribution in [2.45, 2.75) is 38.3 Å². The monoisotopic (exact) mass is 517 g/mol. The van der Waals surface area contributed by atoms with Gasteiger partial charge in [0.05, 0.1) is 6.61 Å². The van der Waals surface area contributed by atoms with Crippen LogP contribution in [-0.2, 0) is 11.2 Å². The van der Waals surface area contributed by atoms with E-state index in [-0.39, 0.29) is 30.1 Å². The van der Waals surface area contributed by atoms with Gasteiger partial charge in [-0.05, 0) is 45.8 Å². The van der Waals surface area contributed by atoms with E-state index in [0.717, 1.165) is 31.8 Å². The molecule has 0 aliphatic carbocycles. The Hall–Kier alpha value is -1.55. The number of hydrogen-bond acceptors (Lipinski definition) is 4. The Morgan fingerprint density at radius 1 is 1.28 bits per heavy atom. The highest BCUT2D eigenvalue weighted by molar-refractivity contribution is 14.0. The Balaban J connectivity index is 0.00000420. The van der Waals surface area contributed by atoms with Crippen LogP contribution in [0.2, 0.25) is 0 Å². The van der Waals surface area contributed by atoms with Crippen LogP contribution in [-0.4, -0.2) is 81.3 Å². The molecule has 0 spiro atoms. The molecule has 1 heterocycles. The number of carbonyl (C=O) groups is 1. The molecule has 0 bridgehead atoms. The van der Waals surface area contributed by atoms with Crippen LogP contribution >= 0.6 is 24.0 Å². The van der Waals surface area contributed by atoms with Gasteiger partial charge >= 0.3 is 6.09 Å². The summed E-state index contributed by atoms with van der Waals surface area (Å²) in [6.45, 7) is 4.48. The number of rotatable bonds is 7. The molecule has 2 N–H and O–H groups in total. The second-order valence-corrected chi connectivity index (χ2v) is 7.36. The summed E-state index contributed by atoms with van der Waals surface area (Å²) in [6, 6.07) is 11.2. The van der Waals surface area contributed by atoms with Crippen LogP contribution < -0.4 is 10.6 Å². The number of hydrogen-bond donors (Lipinski definition) is 2. The van der Waals surface area contributed by atoms with E-state index in [4.69, 9.17) is 4.74 Å². The number of likely N-dealkylation sites (N-methyl/N-ethyl adjacent to an activating group) is 1. The maximum atomic E-state index is 11.8. The first kappa shape index (κ1) is 25.5. The Morgan fingerprint density at radius 3 is 2.48 bits per heavy atom. The van der Waals surface area contributed by atoms with E-state index in [1.807, 2.05) is 13.0 Å². The third kappa shape index (κ3) is 8.77. The van der Waals surface area contributed by atoms with Crippen molar-refractivity contribution in [3.63, 3.8) is 0 Å². The molecule has 29 heavy (non-hydrogen) atoms. The van der Waals surface area contributed by atoms with Gasteiger partial charge in [0.25, 0.3) is 0 Å². The van der Waals surface area contributed by atoms with Gasteiger partial charge in [0.1, 0.15) is 0 Å². The van der Waals surface area contributed by atoms with Crippen molar-refractivity contribution in [3.05, 3.63) is 35.9 Å². The molecule has 0 radical (unpaired) electrons. The van der Waals surface area contributed by atoms with Crippen LogP contribution in [0.15, 0.2) is 35.3 Å². The molecule has 7 nitrogen and oxygen atoms in total. The topological polar surface area (TPSA) is 69.2 Å². The minimum absolute atomic E-state index is 0. The van der Waals surface area contributed by atoms with Crippen molar-refractivity contribution < 1.29 is 9.53 Å². The van der Waals surface area contributed by atoms with Gasteiger partial charge in [0.15, 0.2) is 5.96 Å². The molecule has 1 saturated heterocycles. The summed E-state index contributed by atoms with van der Waals surface area (Å²) >= 11 is 0. The molecule has 1 aromatic carbocycles. The van der Waals surface area contributed by atoms with Crippen LogP contribution in [0.5, 0.6) is 0 Å². The number of nitrogens with zero attached hydrogens (tertiary/aromatic N) is 3. The maximum absolute atomic E-state index is 11.8. The lowest BCUT2D eigenvalue weighted by Crippen LogP contribution is -2.52. The van der Waals surface area contributed by atoms with Gasteiger partial charge in [-0.2, -0.15) is 0 Å². The molecule has 1 atom stereocenters. The lowest BCUT2D eigenvalue weighted by Gasteiger charge is -2.33. The first-order valence-corrected chi connectivity index (χ1v) is 10.1. The number of ether oxygens (including phenoxy) is 1. The van der Waals surface area contributed by atoms with Crippen LogP contribution in [0.1, 0.15) is 25.3 Å². The van der Waals surface area contributed by atoms with Gasteiger partial charge in [-0.1, -0.05) is 30.3 Å². The van der Waals surface area contributed by atoms with E-state index in [1.165, 1.54) is 5.56 Å². The summed E-state index contributed by atoms with van der Waals surface area (Å²) in [7, 11) is 6.01. The van der Waals surface area contributed by atoms with Gasteiger partial charge < -0.3 is 25.2 Å². The van der Waals surface area contributed by atoms with Crippen LogP contribution in [0.25, 0.3) is 0 Å². The number of benzene rings is 1. The van der Waals surface area contributed by atoms with E-state index in [0.29, 0.717) is 31.8 Å². The molecule has 1 fully saturated rings. The van der Waals surface area contributed by atoms with E-state index < -0.39 is 0 Å². The summed E-state index contributed by atoms with van der Waals surface area (Å²) in [4.78, 5) is 20.2. The molecule has 8 heteroatoms. The molecule has 164 valence electrons. The molecular weight excluding hydrogens is 481 g/mol. The second-order valence-electron chi connectivity index (χ2n) is 7.36. The average molecular weight is 517 g/mol. The number of nitrogens with one attached hydrogen (secondary N) is 2. The third-order valence-electron chi connectivity index (χ3n) is 5.13. The number of aliphatic imine (C=N–C) groups is 1. The predicted molar refractivity (Wildman–Crippen MR) is 129 cm³/mol.